The molecule has 0 aliphatic carbocycles. The summed E-state index contributed by atoms with van der Waals surface area (Å²) in [6.45, 7) is 22.3. The fourth-order valence-electron chi connectivity index (χ4n) is 5.82. The number of hydrogen-bond donors (Lipinski definition) is 0. The van der Waals surface area contributed by atoms with Gasteiger partial charge in [0.05, 0.1) is 0 Å². The van der Waals surface area contributed by atoms with E-state index in [1.165, 1.54) is 43.0 Å². The first-order chi connectivity index (χ1) is 16.0. The van der Waals surface area contributed by atoms with E-state index in [2.05, 4.69) is 61.6 Å². The predicted molar refractivity (Wildman–Crippen MR) is 150 cm³/mol. The van der Waals surface area contributed by atoms with Gasteiger partial charge in [-0.15, -0.1) is 0 Å². The van der Waals surface area contributed by atoms with Crippen molar-refractivity contribution >= 4 is 26.7 Å². The molecule has 1 unspecified atom stereocenters. The normalized spacial score (nSPS) is 28.3. The van der Waals surface area contributed by atoms with Crippen LogP contribution in [-0.4, -0.2) is 58.6 Å². The van der Waals surface area contributed by atoms with Crippen molar-refractivity contribution in [1.82, 2.24) is 0 Å². The molecule has 0 aromatic rings. The second kappa shape index (κ2) is 14.1. The summed E-state index contributed by atoms with van der Waals surface area (Å²) in [6.07, 6.45) is 8.94. The summed E-state index contributed by atoms with van der Waals surface area (Å²) in [5.74, 6) is 1.18. The van der Waals surface area contributed by atoms with Crippen molar-refractivity contribution in [2.24, 2.45) is 11.8 Å². The van der Waals surface area contributed by atoms with Gasteiger partial charge < -0.3 is 0 Å². The van der Waals surface area contributed by atoms with E-state index in [-0.39, 0.29) is 23.7 Å². The maximum absolute atomic E-state index is 6.84. The summed E-state index contributed by atoms with van der Waals surface area (Å²) in [5.41, 5.74) is 0. The van der Waals surface area contributed by atoms with E-state index in [1.54, 1.807) is 13.3 Å². The zero-order valence-electron chi connectivity index (χ0n) is 24.2. The first-order valence-corrected chi connectivity index (χ1v) is 25.6. The molecule has 34 heavy (non-hydrogen) atoms. The first kappa shape index (κ1) is 31.1. The van der Waals surface area contributed by atoms with Crippen LogP contribution >= 0.6 is 0 Å². The Morgan fingerprint density at radius 3 is 1.94 bits per heavy atom. The standard InChI is InChI=1S/C16H31O4Si.3C4H9.Sn/c1-8-17-13-9-12-11(2)10-18-14(12)15(19-13)20-21(6,7)16(3,4)5;3*1-3-4-2;/h11-15H,2,8-10H2,1,3-7H3;3*1,3-4H2,2H3;/t11?,12-,13+,14+,15-;;;;/m1..../s1. The van der Waals surface area contributed by atoms with Crippen molar-refractivity contribution in [3.8, 4) is 0 Å². The van der Waals surface area contributed by atoms with Crippen LogP contribution in [0.3, 0.4) is 0 Å². The van der Waals surface area contributed by atoms with Crippen LogP contribution in [0.15, 0.2) is 0 Å². The van der Waals surface area contributed by atoms with Crippen molar-refractivity contribution in [3.63, 3.8) is 0 Å². The zero-order chi connectivity index (χ0) is 25.4. The van der Waals surface area contributed by atoms with Crippen LogP contribution in [0.4, 0.5) is 0 Å². The summed E-state index contributed by atoms with van der Waals surface area (Å²) >= 11 is -2.25. The molecular formula is C28H58O4SiSn. The molecule has 2 aliphatic heterocycles. The zero-order valence-corrected chi connectivity index (χ0v) is 28.1. The van der Waals surface area contributed by atoms with E-state index in [4.69, 9.17) is 18.6 Å². The van der Waals surface area contributed by atoms with Gasteiger partial charge in [-0.2, -0.15) is 0 Å². The van der Waals surface area contributed by atoms with E-state index in [9.17, 15) is 0 Å². The van der Waals surface area contributed by atoms with Crippen LogP contribution < -0.4 is 0 Å². The van der Waals surface area contributed by atoms with Gasteiger partial charge in [-0.25, -0.2) is 0 Å². The van der Waals surface area contributed by atoms with Crippen LogP contribution in [-0.2, 0) is 18.6 Å². The number of fused-ring (bicyclic) bond motifs is 1. The number of ether oxygens (including phenoxy) is 3. The molecule has 2 aliphatic rings. The third-order valence-corrected chi connectivity index (χ3v) is 29.5. The second-order valence-corrected chi connectivity index (χ2v) is 31.5. The molecule has 2 fully saturated rings. The van der Waals surface area contributed by atoms with E-state index in [0.717, 1.165) is 13.0 Å². The summed E-state index contributed by atoms with van der Waals surface area (Å²) in [7, 11) is -1.97. The Balaban J connectivity index is 2.25. The van der Waals surface area contributed by atoms with Crippen LogP contribution in [0.5, 0.6) is 0 Å². The van der Waals surface area contributed by atoms with Crippen LogP contribution in [0.25, 0.3) is 0 Å². The Morgan fingerprint density at radius 2 is 1.47 bits per heavy atom. The number of unbranched alkanes of at least 4 members (excludes halogenated alkanes) is 3. The monoisotopic (exact) mass is 606 g/mol. The van der Waals surface area contributed by atoms with Crippen molar-refractivity contribution < 1.29 is 18.6 Å². The van der Waals surface area contributed by atoms with Gasteiger partial charge in [0.1, 0.15) is 0 Å². The quantitative estimate of drug-likeness (QED) is 0.175. The van der Waals surface area contributed by atoms with Crippen molar-refractivity contribution in [2.75, 3.05) is 13.2 Å². The number of rotatable bonds is 15. The minimum absolute atomic E-state index is 0.0725. The fraction of sp³-hybridized carbons (Fsp3) is 1.00. The summed E-state index contributed by atoms with van der Waals surface area (Å²) < 4.78 is 32.1. The van der Waals surface area contributed by atoms with Gasteiger partial charge >= 0.3 is 218 Å². The molecule has 2 saturated heterocycles. The summed E-state index contributed by atoms with van der Waals surface area (Å²) in [6, 6.07) is 0. The van der Waals surface area contributed by atoms with Crippen molar-refractivity contribution in [2.45, 2.75) is 148 Å². The molecule has 0 N–H and O–H groups in total. The molecule has 0 aromatic carbocycles. The molecule has 202 valence electrons. The van der Waals surface area contributed by atoms with Gasteiger partial charge in [-0.3, -0.25) is 0 Å². The Bertz CT molecular complexity index is 557. The molecule has 4 nitrogen and oxygen atoms in total. The predicted octanol–water partition coefficient (Wildman–Crippen LogP) is 8.60. The fourth-order valence-corrected chi connectivity index (χ4v) is 24.7. The minimum atomic E-state index is -2.25. The molecule has 2 rings (SSSR count). The Morgan fingerprint density at radius 1 is 0.912 bits per heavy atom. The molecule has 0 spiro atoms. The molecule has 0 radical (unpaired) electrons. The third kappa shape index (κ3) is 8.44. The van der Waals surface area contributed by atoms with Crippen molar-refractivity contribution in [3.05, 3.63) is 0 Å². The Hall–Kier alpha value is 0.856. The Kier molecular flexibility index (Phi) is 12.9. The molecule has 0 aromatic heterocycles. The number of hydrogen-bond acceptors (Lipinski definition) is 4. The van der Waals surface area contributed by atoms with Gasteiger partial charge in [0.15, 0.2) is 0 Å². The van der Waals surface area contributed by atoms with Gasteiger partial charge in [-0.05, 0) is 0 Å². The van der Waals surface area contributed by atoms with Crippen LogP contribution in [0.1, 0.15) is 93.4 Å². The molecule has 6 heteroatoms. The third-order valence-electron chi connectivity index (χ3n) is 9.00. The van der Waals surface area contributed by atoms with Crippen LogP contribution in [0, 0.1) is 11.8 Å². The van der Waals surface area contributed by atoms with Crippen LogP contribution in [0.2, 0.25) is 35.9 Å². The SMILES string of the molecule is CCC[CH2][Sn]([CH2]CCC)([CH2]CCC)[CH2]C1CO[C@@H]2[C@@H](O[Si](C)(C)C(C)(C)C)O[C@H](OCC)C[C@H]12. The second-order valence-electron chi connectivity index (χ2n) is 12.7. The van der Waals surface area contributed by atoms with E-state index in [1.807, 2.05) is 0 Å². The Labute approximate surface area is 217 Å². The average Bonchev–Trinajstić information content (AvgIpc) is 3.16. The van der Waals surface area contributed by atoms with Crippen molar-refractivity contribution in [1.29, 1.82) is 0 Å². The average molecular weight is 606 g/mol. The molecule has 0 saturated carbocycles. The van der Waals surface area contributed by atoms with E-state index < -0.39 is 26.7 Å². The first-order valence-electron chi connectivity index (χ1n) is 14.6. The molecule has 0 bridgehead atoms. The van der Waals surface area contributed by atoms with Gasteiger partial charge in [0.2, 0.25) is 0 Å². The van der Waals surface area contributed by atoms with Gasteiger partial charge in [0.25, 0.3) is 0 Å². The maximum atomic E-state index is 6.84. The molecule has 0 amide bonds. The molecule has 5 atom stereocenters. The molecular weight excluding hydrogens is 547 g/mol. The summed E-state index contributed by atoms with van der Waals surface area (Å²) in [4.78, 5) is 0. The van der Waals surface area contributed by atoms with Gasteiger partial charge in [0, 0.05) is 0 Å². The van der Waals surface area contributed by atoms with Gasteiger partial charge in [-0.1, -0.05) is 0 Å². The molecule has 2 heterocycles. The summed E-state index contributed by atoms with van der Waals surface area (Å²) in [5, 5.41) is 0.147. The topological polar surface area (TPSA) is 36.9 Å². The van der Waals surface area contributed by atoms with E-state index in [0.29, 0.717) is 18.4 Å². The van der Waals surface area contributed by atoms with E-state index >= 15 is 0 Å².